The van der Waals surface area contributed by atoms with Crippen LogP contribution >= 0.6 is 0 Å². The maximum absolute atomic E-state index is 14.4. The van der Waals surface area contributed by atoms with Crippen molar-refractivity contribution in [2.75, 3.05) is 13.1 Å². The van der Waals surface area contributed by atoms with Gasteiger partial charge in [-0.25, -0.2) is 26.6 Å². The van der Waals surface area contributed by atoms with E-state index in [1.165, 1.54) is 23.1 Å². The summed E-state index contributed by atoms with van der Waals surface area (Å²) in [5.41, 5.74) is 0.982. The first kappa shape index (κ1) is 18.0. The van der Waals surface area contributed by atoms with Gasteiger partial charge in [0, 0.05) is 31.1 Å². The number of fused-ring (bicyclic) bond motifs is 1. The van der Waals surface area contributed by atoms with Gasteiger partial charge in [-0.05, 0) is 24.6 Å². The Balaban J connectivity index is 1.89. The Bertz CT molecular complexity index is 1130. The highest BCUT2D eigenvalue weighted by molar-refractivity contribution is 7.89. The lowest BCUT2D eigenvalue weighted by Gasteiger charge is -2.13. The molecule has 3 heterocycles. The lowest BCUT2D eigenvalue weighted by atomic mass is 10.0. The Kier molecular flexibility index (Phi) is 4.04. The summed E-state index contributed by atoms with van der Waals surface area (Å²) in [6.07, 6.45) is -2.28. The van der Waals surface area contributed by atoms with Gasteiger partial charge in [-0.15, -0.1) is 0 Å². The first-order chi connectivity index (χ1) is 12.7. The Morgan fingerprint density at radius 2 is 1.89 bits per heavy atom. The van der Waals surface area contributed by atoms with E-state index >= 15 is 0 Å². The van der Waals surface area contributed by atoms with E-state index in [0.717, 1.165) is 4.31 Å². The van der Waals surface area contributed by atoms with Crippen LogP contribution in [0.15, 0.2) is 23.5 Å². The summed E-state index contributed by atoms with van der Waals surface area (Å²) in [5, 5.41) is 4.15. The van der Waals surface area contributed by atoms with Crippen LogP contribution in [0.5, 0.6) is 0 Å². The van der Waals surface area contributed by atoms with Gasteiger partial charge < -0.3 is 4.98 Å². The molecule has 1 fully saturated rings. The van der Waals surface area contributed by atoms with Crippen LogP contribution in [-0.4, -0.2) is 57.9 Å². The van der Waals surface area contributed by atoms with Crippen molar-refractivity contribution in [2.24, 2.45) is 7.05 Å². The number of aromatic amines is 1. The molecule has 1 aliphatic rings. The molecular weight excluding hydrogens is 383 g/mol. The molecule has 1 aliphatic heterocycles. The summed E-state index contributed by atoms with van der Waals surface area (Å²) in [6, 6.07) is 2.51. The van der Waals surface area contributed by atoms with Crippen molar-refractivity contribution in [3.8, 4) is 11.4 Å². The monoisotopic (exact) mass is 399 g/mol. The van der Waals surface area contributed by atoms with E-state index in [1.807, 2.05) is 0 Å². The average Bonchev–Trinajstić information content (AvgIpc) is 3.28. The minimum Gasteiger partial charge on any atom is -0.342 e. The molecule has 3 aromatic rings. The van der Waals surface area contributed by atoms with E-state index in [4.69, 9.17) is 0 Å². The second-order valence-corrected chi connectivity index (χ2v) is 8.47. The predicted octanol–water partition coefficient (Wildman–Crippen LogP) is 2.09. The van der Waals surface area contributed by atoms with Gasteiger partial charge in [-0.3, -0.25) is 4.68 Å². The van der Waals surface area contributed by atoms with Crippen molar-refractivity contribution < 1.29 is 21.6 Å². The topological polar surface area (TPSA) is 83.9 Å². The molecule has 1 aromatic carbocycles. The van der Waals surface area contributed by atoms with Crippen LogP contribution in [0.2, 0.25) is 0 Å². The zero-order valence-electron chi connectivity index (χ0n) is 14.4. The summed E-state index contributed by atoms with van der Waals surface area (Å²) >= 11 is 0. The molecule has 0 radical (unpaired) electrons. The van der Waals surface area contributed by atoms with Crippen LogP contribution in [0, 0.1) is 12.7 Å². The van der Waals surface area contributed by atoms with Crippen molar-refractivity contribution in [2.45, 2.75) is 24.3 Å². The number of nitrogens with one attached hydrogen (secondary N) is 1. The summed E-state index contributed by atoms with van der Waals surface area (Å²) in [4.78, 5) is 6.69. The zero-order valence-corrected chi connectivity index (χ0v) is 15.3. The summed E-state index contributed by atoms with van der Waals surface area (Å²) in [5.74, 6) is -0.325. The zero-order chi connectivity index (χ0) is 19.5. The Morgan fingerprint density at radius 3 is 2.48 bits per heavy atom. The number of hydrogen-bond acceptors (Lipinski definition) is 4. The molecule has 0 amide bonds. The fraction of sp³-hybridized carbons (Fsp3) is 0.375. The van der Waals surface area contributed by atoms with Crippen LogP contribution in [-0.2, 0) is 17.1 Å². The molecule has 2 atom stereocenters. The number of aromatic nitrogens is 4. The second-order valence-electron chi connectivity index (χ2n) is 6.57. The standard InChI is InChI=1S/C16H16F3N5O2S/c1-8-3-10(17)15-9(14(8)16-20-7-23(2)22-16)4-13(21-15)27(25,26)24-5-11(18)12(19)6-24/h3-4,7,11-12,21H,5-6H2,1-2H3. The quantitative estimate of drug-likeness (QED) is 0.731. The minimum absolute atomic E-state index is 0.0329. The number of H-pyrrole nitrogens is 1. The Labute approximate surface area is 152 Å². The first-order valence-corrected chi connectivity index (χ1v) is 9.58. The number of benzene rings is 1. The van der Waals surface area contributed by atoms with E-state index in [-0.39, 0.29) is 15.9 Å². The average molecular weight is 399 g/mol. The molecule has 2 aromatic heterocycles. The highest BCUT2D eigenvalue weighted by Crippen LogP contribution is 2.34. The summed E-state index contributed by atoms with van der Waals surface area (Å²) < 4.78 is 69.0. The largest absolute Gasteiger partial charge is 0.342 e. The smallest absolute Gasteiger partial charge is 0.258 e. The molecule has 0 bridgehead atoms. The molecule has 27 heavy (non-hydrogen) atoms. The number of aryl methyl sites for hydroxylation is 2. The summed E-state index contributed by atoms with van der Waals surface area (Å²) in [6.45, 7) is 0.515. The van der Waals surface area contributed by atoms with Crippen molar-refractivity contribution in [1.29, 1.82) is 0 Å². The van der Waals surface area contributed by atoms with E-state index in [2.05, 4.69) is 15.1 Å². The molecule has 0 saturated carbocycles. The highest BCUT2D eigenvalue weighted by Gasteiger charge is 2.40. The third-order valence-corrected chi connectivity index (χ3v) is 6.38. The normalized spacial score (nSPS) is 21.4. The maximum Gasteiger partial charge on any atom is 0.258 e. The van der Waals surface area contributed by atoms with Gasteiger partial charge in [0.25, 0.3) is 10.0 Å². The fourth-order valence-corrected chi connectivity index (χ4v) is 4.73. The van der Waals surface area contributed by atoms with Crippen molar-refractivity contribution in [3.63, 3.8) is 0 Å². The minimum atomic E-state index is -4.20. The predicted molar refractivity (Wildman–Crippen MR) is 91.5 cm³/mol. The molecule has 4 rings (SSSR count). The molecular formula is C16H16F3N5O2S. The van der Waals surface area contributed by atoms with E-state index in [0.29, 0.717) is 17.0 Å². The Morgan fingerprint density at radius 1 is 1.22 bits per heavy atom. The molecule has 0 spiro atoms. The number of halogens is 3. The number of hydrogen-bond donors (Lipinski definition) is 1. The SMILES string of the molecule is Cc1cc(F)c2[nH]c(S(=O)(=O)N3CC(F)C(F)C3)cc2c1-c1ncn(C)n1. The molecule has 144 valence electrons. The third-order valence-electron chi connectivity index (χ3n) is 4.63. The van der Waals surface area contributed by atoms with Crippen LogP contribution in [0.25, 0.3) is 22.3 Å². The molecule has 2 unspecified atom stereocenters. The highest BCUT2D eigenvalue weighted by atomic mass is 32.2. The van der Waals surface area contributed by atoms with Gasteiger partial charge in [0.15, 0.2) is 5.82 Å². The van der Waals surface area contributed by atoms with Gasteiger partial charge in [0.2, 0.25) is 0 Å². The number of sulfonamides is 1. The fourth-order valence-electron chi connectivity index (χ4n) is 3.28. The van der Waals surface area contributed by atoms with Crippen LogP contribution in [0.4, 0.5) is 13.2 Å². The lowest BCUT2D eigenvalue weighted by molar-refractivity contribution is 0.217. The van der Waals surface area contributed by atoms with Crippen molar-refractivity contribution in [1.82, 2.24) is 24.1 Å². The van der Waals surface area contributed by atoms with Gasteiger partial charge in [-0.1, -0.05) is 0 Å². The van der Waals surface area contributed by atoms with Crippen LogP contribution in [0.3, 0.4) is 0 Å². The number of nitrogens with zero attached hydrogens (tertiary/aromatic N) is 4. The Hall–Kier alpha value is -2.40. The van der Waals surface area contributed by atoms with Gasteiger partial charge in [0.1, 0.15) is 29.5 Å². The maximum atomic E-state index is 14.4. The number of rotatable bonds is 3. The van der Waals surface area contributed by atoms with Crippen LogP contribution in [0.1, 0.15) is 5.56 Å². The molecule has 11 heteroatoms. The first-order valence-electron chi connectivity index (χ1n) is 8.14. The van der Waals surface area contributed by atoms with Crippen molar-refractivity contribution >= 4 is 20.9 Å². The number of alkyl halides is 2. The summed E-state index contributed by atoms with van der Waals surface area (Å²) in [7, 11) is -2.53. The molecule has 1 N–H and O–H groups in total. The van der Waals surface area contributed by atoms with Crippen molar-refractivity contribution in [3.05, 3.63) is 29.8 Å². The van der Waals surface area contributed by atoms with E-state index in [1.54, 1.807) is 14.0 Å². The molecule has 0 aliphatic carbocycles. The lowest BCUT2D eigenvalue weighted by Crippen LogP contribution is -2.29. The van der Waals surface area contributed by atoms with Gasteiger partial charge >= 0.3 is 0 Å². The van der Waals surface area contributed by atoms with Crippen LogP contribution < -0.4 is 0 Å². The second kappa shape index (κ2) is 6.06. The van der Waals surface area contributed by atoms with E-state index < -0.39 is 41.3 Å². The van der Waals surface area contributed by atoms with Gasteiger partial charge in [0.05, 0.1) is 5.52 Å². The van der Waals surface area contributed by atoms with E-state index in [9.17, 15) is 21.6 Å². The third kappa shape index (κ3) is 2.81. The molecule has 7 nitrogen and oxygen atoms in total. The molecule has 1 saturated heterocycles. The van der Waals surface area contributed by atoms with Gasteiger partial charge in [-0.2, -0.15) is 9.40 Å².